The molecule has 1 aromatic heterocycles. The van der Waals surface area contributed by atoms with E-state index in [-0.39, 0.29) is 0 Å². The predicted octanol–water partition coefficient (Wildman–Crippen LogP) is 0.106. The Bertz CT molecular complexity index is 550. The van der Waals surface area contributed by atoms with E-state index in [4.69, 9.17) is 5.11 Å². The average molecular weight is 288 g/mol. The second-order valence-electron chi connectivity index (χ2n) is 3.61. The predicted molar refractivity (Wildman–Crippen MR) is 59.7 cm³/mol. The van der Waals surface area contributed by atoms with Crippen molar-refractivity contribution in [2.75, 3.05) is 7.11 Å². The molecule has 108 valence electrons. The number of hydrogen-bond acceptors (Lipinski definition) is 5. The Hall–Kier alpha value is -2.58. The van der Waals surface area contributed by atoms with Crippen LogP contribution in [0.1, 0.15) is 16.8 Å². The van der Waals surface area contributed by atoms with Gasteiger partial charge in [-0.15, -0.1) is 0 Å². The molecule has 0 fully saturated rings. The smallest absolute Gasteiger partial charge is 0.326 e. The molecule has 0 saturated carbocycles. The molecule has 1 atom stereocenters. The highest BCUT2D eigenvalue weighted by Gasteiger charge is 2.26. The Morgan fingerprint density at radius 1 is 1.45 bits per heavy atom. The molecule has 0 bridgehead atoms. The lowest BCUT2D eigenvalue weighted by Gasteiger charge is -2.13. The summed E-state index contributed by atoms with van der Waals surface area (Å²) in [5.41, 5.74) is -0.714. The molecule has 1 amide bonds. The van der Waals surface area contributed by atoms with Gasteiger partial charge in [-0.3, -0.25) is 9.59 Å². The number of carbonyl (C=O) groups is 3. The Labute approximate surface area is 111 Å². The second-order valence-corrected chi connectivity index (χ2v) is 3.61. The zero-order chi connectivity index (χ0) is 15.3. The number of carbonyl (C=O) groups excluding carboxylic acids is 2. The van der Waals surface area contributed by atoms with Crippen LogP contribution < -0.4 is 5.32 Å². The van der Waals surface area contributed by atoms with Gasteiger partial charge in [0.05, 0.1) is 19.1 Å². The van der Waals surface area contributed by atoms with Gasteiger partial charge in [0.1, 0.15) is 6.04 Å². The van der Waals surface area contributed by atoms with Gasteiger partial charge in [0.15, 0.2) is 5.82 Å². The van der Waals surface area contributed by atoms with Gasteiger partial charge in [0.25, 0.3) is 5.91 Å². The molecule has 0 unspecified atom stereocenters. The Kier molecular flexibility index (Phi) is 5.07. The van der Waals surface area contributed by atoms with Crippen LogP contribution in [0.3, 0.4) is 0 Å². The zero-order valence-electron chi connectivity index (χ0n) is 10.2. The normalized spacial score (nSPS) is 11.6. The van der Waals surface area contributed by atoms with Crippen LogP contribution in [0, 0.1) is 11.8 Å². The van der Waals surface area contributed by atoms with Crippen LogP contribution >= 0.6 is 0 Å². The number of rotatable bonds is 5. The minimum atomic E-state index is -1.62. The first-order valence-electron chi connectivity index (χ1n) is 5.27. The summed E-state index contributed by atoms with van der Waals surface area (Å²) in [6.07, 6.45) is 0.205. The molecule has 0 aliphatic rings. The SMILES string of the molecule is COC(=O)C[C@H](NC(=O)c1ccnc(F)c1F)C(=O)O. The Balaban J connectivity index is 2.88. The summed E-state index contributed by atoms with van der Waals surface area (Å²) in [6, 6.07) is -0.740. The Morgan fingerprint density at radius 3 is 2.65 bits per heavy atom. The molecule has 1 aromatic rings. The number of nitrogens with one attached hydrogen (secondary N) is 1. The average Bonchev–Trinajstić information content (AvgIpc) is 2.40. The molecule has 0 aliphatic heterocycles. The van der Waals surface area contributed by atoms with E-state index in [1.165, 1.54) is 0 Å². The van der Waals surface area contributed by atoms with Crippen molar-refractivity contribution in [3.8, 4) is 0 Å². The third-order valence-corrected chi connectivity index (χ3v) is 2.29. The molecule has 20 heavy (non-hydrogen) atoms. The highest BCUT2D eigenvalue weighted by Crippen LogP contribution is 2.09. The summed E-state index contributed by atoms with van der Waals surface area (Å²) in [4.78, 5) is 36.5. The van der Waals surface area contributed by atoms with Gasteiger partial charge in [0, 0.05) is 6.20 Å². The van der Waals surface area contributed by atoms with Crippen molar-refractivity contribution in [3.05, 3.63) is 29.6 Å². The van der Waals surface area contributed by atoms with Crippen LogP contribution in [-0.4, -0.2) is 41.1 Å². The number of pyridine rings is 1. The molecule has 0 saturated heterocycles. The number of halogens is 2. The van der Waals surface area contributed by atoms with Crippen molar-refractivity contribution in [2.45, 2.75) is 12.5 Å². The van der Waals surface area contributed by atoms with E-state index in [0.717, 1.165) is 19.4 Å². The molecular weight excluding hydrogens is 278 g/mol. The quantitative estimate of drug-likeness (QED) is 0.588. The lowest BCUT2D eigenvalue weighted by atomic mass is 10.1. The van der Waals surface area contributed by atoms with Crippen molar-refractivity contribution in [1.82, 2.24) is 10.3 Å². The zero-order valence-corrected chi connectivity index (χ0v) is 10.2. The number of nitrogens with zero attached hydrogens (tertiary/aromatic N) is 1. The molecule has 0 aliphatic carbocycles. The van der Waals surface area contributed by atoms with E-state index < -0.39 is 47.6 Å². The first-order valence-corrected chi connectivity index (χ1v) is 5.27. The van der Waals surface area contributed by atoms with E-state index in [9.17, 15) is 23.2 Å². The van der Waals surface area contributed by atoms with Crippen molar-refractivity contribution in [3.63, 3.8) is 0 Å². The number of ether oxygens (including phenoxy) is 1. The number of aromatic nitrogens is 1. The molecule has 7 nitrogen and oxygen atoms in total. The summed E-state index contributed by atoms with van der Waals surface area (Å²) in [6.45, 7) is 0. The van der Waals surface area contributed by atoms with Gasteiger partial charge in [-0.1, -0.05) is 0 Å². The summed E-state index contributed by atoms with van der Waals surface area (Å²) < 4.78 is 30.4. The second kappa shape index (κ2) is 6.55. The summed E-state index contributed by atoms with van der Waals surface area (Å²) in [5, 5.41) is 10.7. The fourth-order valence-electron chi connectivity index (χ4n) is 1.28. The van der Waals surface area contributed by atoms with Crippen LogP contribution in [0.2, 0.25) is 0 Å². The lowest BCUT2D eigenvalue weighted by Crippen LogP contribution is -2.42. The van der Waals surface area contributed by atoms with Crippen molar-refractivity contribution in [1.29, 1.82) is 0 Å². The van der Waals surface area contributed by atoms with Crippen LogP contribution in [0.25, 0.3) is 0 Å². The summed E-state index contributed by atoms with van der Waals surface area (Å²) in [7, 11) is 1.04. The molecule has 9 heteroatoms. The van der Waals surface area contributed by atoms with Gasteiger partial charge >= 0.3 is 11.9 Å². The van der Waals surface area contributed by atoms with Crippen molar-refractivity contribution >= 4 is 17.8 Å². The molecule has 1 rings (SSSR count). The number of hydrogen-bond donors (Lipinski definition) is 2. The first kappa shape index (κ1) is 15.5. The molecular formula is C11H10F2N2O5. The van der Waals surface area contributed by atoms with Gasteiger partial charge in [0.2, 0.25) is 5.95 Å². The number of carboxylic acid groups (broad SMARTS) is 1. The van der Waals surface area contributed by atoms with Gasteiger partial charge < -0.3 is 15.2 Å². The minimum absolute atomic E-state index is 0.646. The number of methoxy groups -OCH3 is 1. The molecule has 0 radical (unpaired) electrons. The fourth-order valence-corrected chi connectivity index (χ4v) is 1.28. The van der Waals surface area contributed by atoms with Crippen LogP contribution in [0.4, 0.5) is 8.78 Å². The summed E-state index contributed by atoms with van der Waals surface area (Å²) >= 11 is 0. The van der Waals surface area contributed by atoms with Crippen LogP contribution in [0.15, 0.2) is 12.3 Å². The molecule has 0 aromatic carbocycles. The third-order valence-electron chi connectivity index (χ3n) is 2.29. The van der Waals surface area contributed by atoms with E-state index in [1.807, 2.05) is 5.32 Å². The highest BCUT2D eigenvalue weighted by molar-refractivity contribution is 5.97. The largest absolute Gasteiger partial charge is 0.480 e. The third kappa shape index (κ3) is 3.70. The van der Waals surface area contributed by atoms with E-state index in [0.29, 0.717) is 0 Å². The summed E-state index contributed by atoms with van der Waals surface area (Å²) in [5.74, 6) is -6.57. The van der Waals surface area contributed by atoms with Gasteiger partial charge in [-0.25, -0.2) is 14.2 Å². The fraction of sp³-hybridized carbons (Fsp3) is 0.273. The molecule has 0 spiro atoms. The van der Waals surface area contributed by atoms with Crippen molar-refractivity contribution < 1.29 is 33.0 Å². The number of aliphatic carboxylic acids is 1. The van der Waals surface area contributed by atoms with Gasteiger partial charge in [-0.05, 0) is 6.07 Å². The van der Waals surface area contributed by atoms with Crippen LogP contribution in [-0.2, 0) is 14.3 Å². The Morgan fingerprint density at radius 2 is 2.10 bits per heavy atom. The number of esters is 1. The monoisotopic (exact) mass is 288 g/mol. The van der Waals surface area contributed by atoms with Gasteiger partial charge in [-0.2, -0.15) is 4.39 Å². The minimum Gasteiger partial charge on any atom is -0.480 e. The molecule has 2 N–H and O–H groups in total. The topological polar surface area (TPSA) is 106 Å². The van der Waals surface area contributed by atoms with E-state index >= 15 is 0 Å². The van der Waals surface area contributed by atoms with E-state index in [1.54, 1.807) is 0 Å². The van der Waals surface area contributed by atoms with Crippen LogP contribution in [0.5, 0.6) is 0 Å². The van der Waals surface area contributed by atoms with E-state index in [2.05, 4.69) is 9.72 Å². The molecule has 1 heterocycles. The highest BCUT2D eigenvalue weighted by atomic mass is 19.2. The standard InChI is InChI=1S/C11H10F2N2O5/c1-20-7(16)4-6(11(18)19)15-10(17)5-2-3-14-9(13)8(5)12/h2-3,6H,4H2,1H3,(H,15,17)(H,18,19)/t6-/m0/s1. The maximum atomic E-state index is 13.3. The lowest BCUT2D eigenvalue weighted by molar-refractivity contribution is -0.147. The maximum Gasteiger partial charge on any atom is 0.326 e. The number of amides is 1. The first-order chi connectivity index (χ1) is 9.36. The number of carboxylic acids is 1. The van der Waals surface area contributed by atoms with Crippen molar-refractivity contribution in [2.24, 2.45) is 0 Å². The maximum absolute atomic E-state index is 13.3.